The molecule has 3 heterocycles. The number of pyridine rings is 2. The smallest absolute Gasteiger partial charge is 0.268 e. The van der Waals surface area contributed by atoms with Crippen molar-refractivity contribution in [1.29, 1.82) is 0 Å². The fourth-order valence-electron chi connectivity index (χ4n) is 4.49. The number of carbonyl (C=O) groups excluding carboxylic acids is 2. The number of nitrogens with zero attached hydrogens (tertiary/aromatic N) is 5. The number of hydrogen-bond acceptors (Lipinski definition) is 6. The third kappa shape index (κ3) is 4.16. The van der Waals surface area contributed by atoms with Gasteiger partial charge in [0.15, 0.2) is 0 Å². The van der Waals surface area contributed by atoms with Crippen LogP contribution in [-0.2, 0) is 0 Å². The van der Waals surface area contributed by atoms with Crippen molar-refractivity contribution in [2.75, 3.05) is 4.90 Å². The van der Waals surface area contributed by atoms with Gasteiger partial charge in [-0.3, -0.25) is 19.6 Å². The molecule has 3 aromatic heterocycles. The van der Waals surface area contributed by atoms with Crippen molar-refractivity contribution < 1.29 is 9.59 Å². The summed E-state index contributed by atoms with van der Waals surface area (Å²) >= 11 is 0. The summed E-state index contributed by atoms with van der Waals surface area (Å²) in [4.78, 5) is 47.6. The Morgan fingerprint density at radius 3 is 1.74 bits per heavy atom. The van der Waals surface area contributed by atoms with Crippen LogP contribution in [0.1, 0.15) is 26.4 Å². The van der Waals surface area contributed by atoms with Gasteiger partial charge in [-0.25, -0.2) is 14.9 Å². The molecule has 38 heavy (non-hydrogen) atoms. The Morgan fingerprint density at radius 2 is 1.16 bits per heavy atom. The molecule has 0 unspecified atom stereocenters. The van der Waals surface area contributed by atoms with E-state index in [0.717, 1.165) is 10.5 Å². The van der Waals surface area contributed by atoms with Crippen LogP contribution in [0, 0.1) is 6.92 Å². The van der Waals surface area contributed by atoms with E-state index >= 15 is 0 Å². The Hall–Kier alpha value is -5.30. The van der Waals surface area contributed by atoms with Crippen LogP contribution >= 0.6 is 0 Å². The molecule has 0 N–H and O–H groups in total. The molecule has 3 aromatic carbocycles. The molecule has 0 saturated heterocycles. The Labute approximate surface area is 218 Å². The molecule has 6 aromatic rings. The predicted molar refractivity (Wildman–Crippen MR) is 147 cm³/mol. The molecule has 0 atom stereocenters. The first-order valence-corrected chi connectivity index (χ1v) is 12.1. The number of amides is 2. The summed E-state index contributed by atoms with van der Waals surface area (Å²) in [5.41, 5.74) is 4.03. The van der Waals surface area contributed by atoms with Crippen LogP contribution in [-0.4, -0.2) is 31.8 Å². The van der Waals surface area contributed by atoms with Gasteiger partial charge >= 0.3 is 0 Å². The van der Waals surface area contributed by atoms with Gasteiger partial charge < -0.3 is 0 Å². The second-order valence-corrected chi connectivity index (χ2v) is 8.76. The van der Waals surface area contributed by atoms with Gasteiger partial charge in [0.2, 0.25) is 5.95 Å². The van der Waals surface area contributed by atoms with E-state index in [0.29, 0.717) is 44.3 Å². The second kappa shape index (κ2) is 9.63. The van der Waals surface area contributed by atoms with Crippen LogP contribution in [0.5, 0.6) is 0 Å². The minimum atomic E-state index is -0.542. The highest BCUT2D eigenvalue weighted by atomic mass is 16.2. The maximum absolute atomic E-state index is 14.3. The molecule has 0 saturated carbocycles. The number of aryl methyl sites for hydroxylation is 1. The number of hydrogen-bond donors (Lipinski definition) is 0. The van der Waals surface area contributed by atoms with Crippen molar-refractivity contribution in [1.82, 2.24) is 19.9 Å². The van der Waals surface area contributed by atoms with Gasteiger partial charge in [-0.2, -0.15) is 0 Å². The number of benzene rings is 3. The SMILES string of the molecule is Cc1cc(-c2ccccc2)nc(N(C(=O)c2ccnc3ccccc23)C(=O)c2ccnc3ccccc23)n1. The lowest BCUT2D eigenvalue weighted by atomic mass is 10.1. The Bertz CT molecular complexity index is 1730. The second-order valence-electron chi connectivity index (χ2n) is 8.76. The van der Waals surface area contributed by atoms with Gasteiger partial charge in [-0.15, -0.1) is 0 Å². The van der Waals surface area contributed by atoms with Gasteiger partial charge in [0.25, 0.3) is 11.8 Å². The lowest BCUT2D eigenvalue weighted by molar-refractivity contribution is 0.0897. The normalized spacial score (nSPS) is 11.0. The van der Waals surface area contributed by atoms with E-state index in [9.17, 15) is 9.59 Å². The number of anilines is 1. The largest absolute Gasteiger partial charge is 0.268 e. The molecular formula is C31H21N5O2. The molecule has 182 valence electrons. The summed E-state index contributed by atoms with van der Waals surface area (Å²) in [5.74, 6) is -1.08. The lowest BCUT2D eigenvalue weighted by Crippen LogP contribution is -2.39. The maximum Gasteiger partial charge on any atom is 0.268 e. The first-order valence-electron chi connectivity index (χ1n) is 12.1. The highest BCUT2D eigenvalue weighted by Gasteiger charge is 2.31. The third-order valence-electron chi connectivity index (χ3n) is 6.28. The van der Waals surface area contributed by atoms with E-state index in [4.69, 9.17) is 4.98 Å². The zero-order valence-corrected chi connectivity index (χ0v) is 20.4. The molecule has 0 aliphatic rings. The summed E-state index contributed by atoms with van der Waals surface area (Å²) < 4.78 is 0. The maximum atomic E-state index is 14.3. The number of para-hydroxylation sites is 2. The highest BCUT2D eigenvalue weighted by molar-refractivity contribution is 6.29. The van der Waals surface area contributed by atoms with Gasteiger partial charge in [0.1, 0.15) is 0 Å². The summed E-state index contributed by atoms with van der Waals surface area (Å²) in [6.45, 7) is 1.81. The number of imide groups is 1. The monoisotopic (exact) mass is 495 g/mol. The number of carbonyl (C=O) groups is 2. The molecule has 0 fully saturated rings. The minimum absolute atomic E-state index is 0.000592. The summed E-state index contributed by atoms with van der Waals surface area (Å²) in [7, 11) is 0. The molecule has 0 radical (unpaired) electrons. The predicted octanol–water partition coefficient (Wildman–Crippen LogP) is 6.04. The topological polar surface area (TPSA) is 88.9 Å². The minimum Gasteiger partial charge on any atom is -0.268 e. The Morgan fingerprint density at radius 1 is 0.632 bits per heavy atom. The van der Waals surface area contributed by atoms with Gasteiger partial charge in [-0.05, 0) is 37.3 Å². The lowest BCUT2D eigenvalue weighted by Gasteiger charge is -2.21. The Balaban J connectivity index is 1.57. The van der Waals surface area contributed by atoms with E-state index in [1.54, 1.807) is 24.5 Å². The van der Waals surface area contributed by atoms with Crippen LogP contribution in [0.15, 0.2) is 109 Å². The van der Waals surface area contributed by atoms with E-state index in [1.165, 1.54) is 0 Å². The summed E-state index contributed by atoms with van der Waals surface area (Å²) in [6, 6.07) is 29.3. The number of aromatic nitrogens is 4. The van der Waals surface area contributed by atoms with Gasteiger partial charge in [0.05, 0.1) is 27.9 Å². The van der Waals surface area contributed by atoms with E-state index in [-0.39, 0.29) is 5.95 Å². The molecular weight excluding hydrogens is 474 g/mol. The molecule has 0 bridgehead atoms. The van der Waals surface area contributed by atoms with Crippen LogP contribution < -0.4 is 4.90 Å². The quantitative estimate of drug-likeness (QED) is 0.277. The van der Waals surface area contributed by atoms with Crippen molar-refractivity contribution in [2.24, 2.45) is 0 Å². The van der Waals surface area contributed by atoms with Crippen molar-refractivity contribution in [3.8, 4) is 11.3 Å². The van der Waals surface area contributed by atoms with Crippen molar-refractivity contribution in [3.63, 3.8) is 0 Å². The molecule has 0 aliphatic carbocycles. The van der Waals surface area contributed by atoms with Crippen molar-refractivity contribution >= 4 is 39.6 Å². The molecule has 6 rings (SSSR count). The zero-order valence-electron chi connectivity index (χ0n) is 20.4. The van der Waals surface area contributed by atoms with E-state index in [1.807, 2.05) is 91.9 Å². The van der Waals surface area contributed by atoms with Crippen LogP contribution in [0.2, 0.25) is 0 Å². The molecule has 7 heteroatoms. The highest BCUT2D eigenvalue weighted by Crippen LogP contribution is 2.27. The summed E-state index contributed by atoms with van der Waals surface area (Å²) in [6.07, 6.45) is 3.12. The van der Waals surface area contributed by atoms with E-state index in [2.05, 4.69) is 15.0 Å². The molecule has 0 spiro atoms. The third-order valence-corrected chi connectivity index (χ3v) is 6.28. The van der Waals surface area contributed by atoms with Crippen LogP contribution in [0.4, 0.5) is 5.95 Å². The first-order chi connectivity index (χ1) is 18.6. The van der Waals surface area contributed by atoms with Gasteiger partial charge in [-0.1, -0.05) is 66.7 Å². The zero-order chi connectivity index (χ0) is 26.1. The number of fused-ring (bicyclic) bond motifs is 2. The van der Waals surface area contributed by atoms with Crippen LogP contribution in [0.25, 0.3) is 33.1 Å². The van der Waals surface area contributed by atoms with E-state index < -0.39 is 11.8 Å². The molecule has 7 nitrogen and oxygen atoms in total. The van der Waals surface area contributed by atoms with Crippen LogP contribution in [0.3, 0.4) is 0 Å². The van der Waals surface area contributed by atoms with Crippen molar-refractivity contribution in [3.05, 3.63) is 126 Å². The fourth-order valence-corrected chi connectivity index (χ4v) is 4.49. The summed E-state index contributed by atoms with van der Waals surface area (Å²) in [5, 5.41) is 1.27. The Kier molecular flexibility index (Phi) is 5.86. The molecule has 0 aliphatic heterocycles. The average Bonchev–Trinajstić information content (AvgIpc) is 2.96. The standard InChI is InChI=1S/C31H21N5O2/c1-20-19-28(21-9-3-2-4-10-21)35-31(34-20)36(29(37)24-15-17-32-26-13-7-5-11-22(24)26)30(38)25-16-18-33-27-14-8-6-12-23(25)27/h2-19H,1H3. The molecule has 2 amide bonds. The fraction of sp³-hybridized carbons (Fsp3) is 0.0323. The first kappa shape index (κ1) is 23.1. The average molecular weight is 496 g/mol. The number of rotatable bonds is 4. The van der Waals surface area contributed by atoms with Crippen molar-refractivity contribution in [2.45, 2.75) is 6.92 Å². The van der Waals surface area contributed by atoms with Gasteiger partial charge in [0, 0.05) is 34.4 Å².